The van der Waals surface area contributed by atoms with Crippen molar-refractivity contribution in [2.75, 3.05) is 5.43 Å². The molecule has 1 heterocycles. The zero-order valence-corrected chi connectivity index (χ0v) is 7.94. The molecule has 7 heteroatoms. The van der Waals surface area contributed by atoms with Crippen LogP contribution in [0.4, 0.5) is 18.9 Å². The minimum atomic E-state index is -4.31. The molecule has 0 saturated carbocycles. The number of hydrogen-bond acceptors (Lipinski definition) is 3. The fourth-order valence-corrected chi connectivity index (χ4v) is 1.13. The van der Waals surface area contributed by atoms with Gasteiger partial charge >= 0.3 is 6.18 Å². The fraction of sp³-hybridized carbons (Fsp3) is 0.111. The Kier molecular flexibility index (Phi) is 2.51. The van der Waals surface area contributed by atoms with Crippen LogP contribution < -0.4 is 5.43 Å². The maximum atomic E-state index is 12.2. The molecular formula is C9H7F3N4. The number of halogens is 3. The van der Waals surface area contributed by atoms with Gasteiger partial charge in [-0.15, -0.1) is 5.10 Å². The molecule has 0 bridgehead atoms. The van der Waals surface area contributed by atoms with Gasteiger partial charge in [-0.3, -0.25) is 5.43 Å². The lowest BCUT2D eigenvalue weighted by Crippen LogP contribution is -2.10. The van der Waals surface area contributed by atoms with Crippen molar-refractivity contribution >= 4 is 5.69 Å². The summed E-state index contributed by atoms with van der Waals surface area (Å²) < 4.78 is 36.7. The van der Waals surface area contributed by atoms with E-state index in [1.165, 1.54) is 29.6 Å². The zero-order chi connectivity index (χ0) is 11.6. The van der Waals surface area contributed by atoms with Gasteiger partial charge in [0.1, 0.15) is 12.7 Å². The van der Waals surface area contributed by atoms with Crippen LogP contribution in [0.5, 0.6) is 0 Å². The van der Waals surface area contributed by atoms with Gasteiger partial charge in [0, 0.05) is 0 Å². The summed E-state index contributed by atoms with van der Waals surface area (Å²) in [5, 5.41) is 3.75. The standard InChI is InChI=1S/C9H7F3N4/c10-9(11,12)7-1-3-8(4-2-7)15-16-6-13-5-14-16/h1-6,15H. The Morgan fingerprint density at radius 2 is 1.81 bits per heavy atom. The summed E-state index contributed by atoms with van der Waals surface area (Å²) in [7, 11) is 0. The molecule has 16 heavy (non-hydrogen) atoms. The lowest BCUT2D eigenvalue weighted by Gasteiger charge is -2.08. The van der Waals surface area contributed by atoms with E-state index < -0.39 is 11.7 Å². The minimum absolute atomic E-state index is 0.499. The van der Waals surface area contributed by atoms with Gasteiger partial charge in [-0.25, -0.2) is 4.98 Å². The first-order chi connectivity index (χ1) is 7.55. The molecule has 0 amide bonds. The highest BCUT2D eigenvalue weighted by molar-refractivity contribution is 5.44. The van der Waals surface area contributed by atoms with E-state index in [4.69, 9.17) is 0 Å². The molecule has 1 N–H and O–H groups in total. The quantitative estimate of drug-likeness (QED) is 0.856. The van der Waals surface area contributed by atoms with Crippen molar-refractivity contribution in [3.8, 4) is 0 Å². The summed E-state index contributed by atoms with van der Waals surface area (Å²) in [6.45, 7) is 0. The Morgan fingerprint density at radius 1 is 1.12 bits per heavy atom. The highest BCUT2D eigenvalue weighted by Crippen LogP contribution is 2.29. The number of alkyl halides is 3. The number of hydrogen-bond donors (Lipinski definition) is 1. The van der Waals surface area contributed by atoms with Crippen LogP contribution in [0.2, 0.25) is 0 Å². The first-order valence-electron chi connectivity index (χ1n) is 4.34. The van der Waals surface area contributed by atoms with Crippen LogP contribution in [0.3, 0.4) is 0 Å². The molecule has 0 saturated heterocycles. The number of rotatable bonds is 2. The summed E-state index contributed by atoms with van der Waals surface area (Å²) >= 11 is 0. The molecule has 0 aliphatic heterocycles. The fourth-order valence-electron chi connectivity index (χ4n) is 1.13. The van der Waals surface area contributed by atoms with Crippen LogP contribution in [-0.4, -0.2) is 14.9 Å². The summed E-state index contributed by atoms with van der Waals surface area (Å²) in [6.07, 6.45) is -1.60. The SMILES string of the molecule is FC(F)(F)c1ccc(Nn2cncn2)cc1. The van der Waals surface area contributed by atoms with Crippen LogP contribution in [0.1, 0.15) is 5.56 Å². The van der Waals surface area contributed by atoms with E-state index in [9.17, 15) is 13.2 Å². The van der Waals surface area contributed by atoms with E-state index in [0.29, 0.717) is 5.69 Å². The first-order valence-corrected chi connectivity index (χ1v) is 4.34. The average molecular weight is 228 g/mol. The molecule has 0 radical (unpaired) electrons. The predicted octanol–water partition coefficient (Wildman–Crippen LogP) is 2.17. The Morgan fingerprint density at radius 3 is 2.31 bits per heavy atom. The monoisotopic (exact) mass is 228 g/mol. The summed E-state index contributed by atoms with van der Waals surface area (Å²) in [5.41, 5.74) is 2.55. The number of benzene rings is 1. The third kappa shape index (κ3) is 2.30. The van der Waals surface area contributed by atoms with Crippen LogP contribution in [-0.2, 0) is 6.18 Å². The number of nitrogens with one attached hydrogen (secondary N) is 1. The van der Waals surface area contributed by atoms with Gasteiger partial charge < -0.3 is 0 Å². The summed E-state index contributed by atoms with van der Waals surface area (Å²) in [4.78, 5) is 4.98. The van der Waals surface area contributed by atoms with E-state index in [-0.39, 0.29) is 0 Å². The van der Waals surface area contributed by atoms with Crippen molar-refractivity contribution in [1.82, 2.24) is 14.9 Å². The average Bonchev–Trinajstić information content (AvgIpc) is 2.70. The van der Waals surface area contributed by atoms with Crippen LogP contribution in [0.25, 0.3) is 0 Å². The third-order valence-electron chi connectivity index (χ3n) is 1.87. The minimum Gasteiger partial charge on any atom is -0.277 e. The maximum Gasteiger partial charge on any atom is 0.416 e. The zero-order valence-electron chi connectivity index (χ0n) is 7.94. The van der Waals surface area contributed by atoms with Crippen LogP contribution >= 0.6 is 0 Å². The largest absolute Gasteiger partial charge is 0.416 e. The third-order valence-corrected chi connectivity index (χ3v) is 1.87. The predicted molar refractivity (Wildman–Crippen MR) is 50.5 cm³/mol. The number of nitrogens with zero attached hydrogens (tertiary/aromatic N) is 3. The van der Waals surface area contributed by atoms with Gasteiger partial charge in [-0.2, -0.15) is 18.0 Å². The lowest BCUT2D eigenvalue weighted by atomic mass is 10.2. The second-order valence-corrected chi connectivity index (χ2v) is 3.03. The molecule has 0 unspecified atom stereocenters. The molecule has 0 spiro atoms. The summed E-state index contributed by atoms with van der Waals surface area (Å²) in [5.74, 6) is 0. The molecule has 0 aliphatic carbocycles. The molecule has 1 aromatic heterocycles. The Bertz CT molecular complexity index is 447. The Balaban J connectivity index is 2.14. The van der Waals surface area contributed by atoms with Crippen molar-refractivity contribution in [2.45, 2.75) is 6.18 Å². The highest BCUT2D eigenvalue weighted by Gasteiger charge is 2.29. The van der Waals surface area contributed by atoms with Gasteiger partial charge in [0.2, 0.25) is 0 Å². The number of anilines is 1. The maximum absolute atomic E-state index is 12.2. The van der Waals surface area contributed by atoms with Crippen molar-refractivity contribution < 1.29 is 13.2 Å². The first kappa shape index (κ1) is 10.5. The second-order valence-electron chi connectivity index (χ2n) is 3.03. The summed E-state index contributed by atoms with van der Waals surface area (Å²) in [6, 6.07) is 4.65. The second kappa shape index (κ2) is 3.84. The molecule has 2 aromatic rings. The van der Waals surface area contributed by atoms with E-state index in [0.717, 1.165) is 12.1 Å². The highest BCUT2D eigenvalue weighted by atomic mass is 19.4. The van der Waals surface area contributed by atoms with Gasteiger partial charge in [0.05, 0.1) is 11.3 Å². The molecule has 0 fully saturated rings. The van der Waals surface area contributed by atoms with E-state index in [1.807, 2.05) is 0 Å². The van der Waals surface area contributed by atoms with Crippen LogP contribution in [0, 0.1) is 0 Å². The van der Waals surface area contributed by atoms with Crippen molar-refractivity contribution in [3.63, 3.8) is 0 Å². The Labute approximate surface area is 88.7 Å². The molecule has 0 aliphatic rings. The lowest BCUT2D eigenvalue weighted by molar-refractivity contribution is -0.137. The van der Waals surface area contributed by atoms with Gasteiger partial charge in [-0.05, 0) is 24.3 Å². The number of aromatic nitrogens is 3. The van der Waals surface area contributed by atoms with Crippen molar-refractivity contribution in [3.05, 3.63) is 42.5 Å². The Hall–Kier alpha value is -2.05. The van der Waals surface area contributed by atoms with E-state index in [2.05, 4.69) is 15.5 Å². The van der Waals surface area contributed by atoms with E-state index in [1.54, 1.807) is 0 Å². The molecule has 84 valence electrons. The topological polar surface area (TPSA) is 42.7 Å². The normalized spacial score (nSPS) is 11.4. The van der Waals surface area contributed by atoms with Gasteiger partial charge in [0.15, 0.2) is 0 Å². The van der Waals surface area contributed by atoms with E-state index >= 15 is 0 Å². The van der Waals surface area contributed by atoms with Crippen LogP contribution in [0.15, 0.2) is 36.9 Å². The van der Waals surface area contributed by atoms with Crippen molar-refractivity contribution in [2.24, 2.45) is 0 Å². The van der Waals surface area contributed by atoms with Crippen molar-refractivity contribution in [1.29, 1.82) is 0 Å². The van der Waals surface area contributed by atoms with Gasteiger partial charge in [0.25, 0.3) is 0 Å². The van der Waals surface area contributed by atoms with Gasteiger partial charge in [-0.1, -0.05) is 0 Å². The molecule has 4 nitrogen and oxygen atoms in total. The molecule has 2 rings (SSSR count). The molecular weight excluding hydrogens is 221 g/mol. The molecule has 1 aromatic carbocycles. The smallest absolute Gasteiger partial charge is 0.277 e. The molecule has 0 atom stereocenters.